The van der Waals surface area contributed by atoms with Crippen molar-refractivity contribution in [1.29, 1.82) is 0 Å². The molecular formula is C25H31NO. The Balaban J connectivity index is 1.74. The van der Waals surface area contributed by atoms with Gasteiger partial charge < -0.3 is 4.74 Å². The second-order valence-electron chi connectivity index (χ2n) is 7.17. The average molecular weight is 362 g/mol. The van der Waals surface area contributed by atoms with Crippen LogP contribution in [0.15, 0.2) is 72.8 Å². The minimum atomic E-state index is 0.110. The molecular weight excluding hydrogens is 330 g/mol. The molecule has 2 heteroatoms. The minimum absolute atomic E-state index is 0.110. The summed E-state index contributed by atoms with van der Waals surface area (Å²) in [7, 11) is 0. The molecule has 0 aliphatic rings. The number of fused-ring (bicyclic) bond motifs is 1. The smallest absolute Gasteiger partial charge is 0.115 e. The maximum absolute atomic E-state index is 6.47. The van der Waals surface area contributed by atoms with E-state index in [2.05, 4.69) is 91.5 Å². The summed E-state index contributed by atoms with van der Waals surface area (Å²) in [5.74, 6) is 0. The lowest BCUT2D eigenvalue weighted by Crippen LogP contribution is -2.40. The monoisotopic (exact) mass is 361 g/mol. The summed E-state index contributed by atoms with van der Waals surface area (Å²) in [5, 5.41) is 2.55. The molecule has 0 radical (unpaired) electrons. The van der Waals surface area contributed by atoms with E-state index in [1.165, 1.54) is 21.9 Å². The summed E-state index contributed by atoms with van der Waals surface area (Å²) in [6.07, 6.45) is 3.32. The van der Waals surface area contributed by atoms with Gasteiger partial charge in [-0.15, -0.1) is 0 Å². The first-order chi connectivity index (χ1) is 13.3. The lowest BCUT2D eigenvalue weighted by atomic mass is 10.1. The molecule has 0 heterocycles. The normalized spacial score (nSPS) is 12.6. The van der Waals surface area contributed by atoms with Gasteiger partial charge in [-0.2, -0.15) is 0 Å². The molecule has 0 fully saturated rings. The Labute approximate surface area is 163 Å². The van der Waals surface area contributed by atoms with Crippen molar-refractivity contribution in [2.24, 2.45) is 0 Å². The van der Waals surface area contributed by atoms with Crippen molar-refractivity contribution >= 4 is 10.8 Å². The Morgan fingerprint density at radius 2 is 1.41 bits per heavy atom. The number of benzene rings is 3. The van der Waals surface area contributed by atoms with Crippen LogP contribution in [0.1, 0.15) is 37.8 Å². The summed E-state index contributed by atoms with van der Waals surface area (Å²) in [4.78, 5) is 2.49. The van der Waals surface area contributed by atoms with Crippen molar-refractivity contribution in [1.82, 2.24) is 4.90 Å². The fourth-order valence-corrected chi connectivity index (χ4v) is 3.60. The van der Waals surface area contributed by atoms with Crippen LogP contribution in [0.2, 0.25) is 0 Å². The number of ether oxygens (including phenoxy) is 1. The number of hydrogen-bond donors (Lipinski definition) is 0. The molecule has 142 valence electrons. The minimum Gasteiger partial charge on any atom is -0.358 e. The topological polar surface area (TPSA) is 12.5 Å². The molecule has 27 heavy (non-hydrogen) atoms. The van der Waals surface area contributed by atoms with Crippen LogP contribution in [0.5, 0.6) is 0 Å². The standard InChI is InChI=1S/C25H31NO/c1-3-16-26(17-4-2)25(19-21-10-6-5-7-11-21)27-20-22-14-15-23-12-8-9-13-24(23)18-22/h5-15,18,25H,3-4,16-17,19-20H2,1-2H3. The van der Waals surface area contributed by atoms with Gasteiger partial charge >= 0.3 is 0 Å². The van der Waals surface area contributed by atoms with Crippen molar-refractivity contribution < 1.29 is 4.74 Å². The summed E-state index contributed by atoms with van der Waals surface area (Å²) in [5.41, 5.74) is 2.57. The first-order valence-electron chi connectivity index (χ1n) is 10.2. The third-order valence-corrected chi connectivity index (χ3v) is 4.94. The van der Waals surface area contributed by atoms with Crippen molar-refractivity contribution in [2.45, 2.75) is 45.9 Å². The molecule has 0 saturated heterocycles. The van der Waals surface area contributed by atoms with Gasteiger partial charge in [-0.1, -0.05) is 80.6 Å². The molecule has 0 bridgehead atoms. The maximum atomic E-state index is 6.47. The van der Waals surface area contributed by atoms with Gasteiger partial charge in [0.1, 0.15) is 6.23 Å². The van der Waals surface area contributed by atoms with Crippen molar-refractivity contribution in [3.63, 3.8) is 0 Å². The van der Waals surface area contributed by atoms with Gasteiger partial charge in [-0.25, -0.2) is 0 Å². The first kappa shape index (κ1) is 19.6. The molecule has 2 nitrogen and oxygen atoms in total. The van der Waals surface area contributed by atoms with E-state index in [1.54, 1.807) is 0 Å². The maximum Gasteiger partial charge on any atom is 0.115 e. The summed E-state index contributed by atoms with van der Waals surface area (Å²) < 4.78 is 6.47. The predicted molar refractivity (Wildman–Crippen MR) is 115 cm³/mol. The lowest BCUT2D eigenvalue weighted by molar-refractivity contribution is -0.0681. The van der Waals surface area contributed by atoms with E-state index >= 15 is 0 Å². The fraction of sp³-hybridized carbons (Fsp3) is 0.360. The number of hydrogen-bond acceptors (Lipinski definition) is 2. The van der Waals surface area contributed by atoms with Gasteiger partial charge in [0.05, 0.1) is 6.61 Å². The number of rotatable bonds is 10. The van der Waals surface area contributed by atoms with Gasteiger partial charge in [0.15, 0.2) is 0 Å². The van der Waals surface area contributed by atoms with Crippen molar-refractivity contribution in [2.75, 3.05) is 13.1 Å². The Morgan fingerprint density at radius 1 is 0.741 bits per heavy atom. The fourth-order valence-electron chi connectivity index (χ4n) is 3.60. The van der Waals surface area contributed by atoms with Crippen LogP contribution < -0.4 is 0 Å². The molecule has 0 aromatic heterocycles. The third-order valence-electron chi connectivity index (χ3n) is 4.94. The van der Waals surface area contributed by atoms with Crippen LogP contribution >= 0.6 is 0 Å². The molecule has 1 atom stereocenters. The molecule has 3 aromatic rings. The van der Waals surface area contributed by atoms with Crippen molar-refractivity contribution in [3.8, 4) is 0 Å². The van der Waals surface area contributed by atoms with Crippen LogP contribution in [-0.2, 0) is 17.8 Å². The van der Waals surface area contributed by atoms with Gasteiger partial charge in [-0.3, -0.25) is 4.90 Å². The van der Waals surface area contributed by atoms with Crippen LogP contribution in [0.25, 0.3) is 10.8 Å². The van der Waals surface area contributed by atoms with Gasteiger partial charge in [0.2, 0.25) is 0 Å². The van der Waals surface area contributed by atoms with Gasteiger partial charge in [0.25, 0.3) is 0 Å². The zero-order valence-corrected chi connectivity index (χ0v) is 16.6. The molecule has 0 N–H and O–H groups in total. The lowest BCUT2D eigenvalue weighted by Gasteiger charge is -2.31. The van der Waals surface area contributed by atoms with E-state index in [-0.39, 0.29) is 6.23 Å². The largest absolute Gasteiger partial charge is 0.358 e. The Morgan fingerprint density at radius 3 is 2.11 bits per heavy atom. The molecule has 0 amide bonds. The van der Waals surface area contributed by atoms with E-state index in [9.17, 15) is 0 Å². The summed E-state index contributed by atoms with van der Waals surface area (Å²) >= 11 is 0. The molecule has 0 aliphatic carbocycles. The average Bonchev–Trinajstić information content (AvgIpc) is 2.71. The molecule has 1 unspecified atom stereocenters. The van der Waals surface area contributed by atoms with E-state index in [0.717, 1.165) is 32.4 Å². The zero-order valence-electron chi connectivity index (χ0n) is 16.6. The summed E-state index contributed by atoms with van der Waals surface area (Å²) in [6.45, 7) is 7.27. The highest BCUT2D eigenvalue weighted by atomic mass is 16.5. The Kier molecular flexibility index (Phi) is 7.44. The highest BCUT2D eigenvalue weighted by Crippen LogP contribution is 2.18. The molecule has 0 spiro atoms. The molecule has 3 aromatic carbocycles. The van der Waals surface area contributed by atoms with E-state index in [1.807, 2.05) is 0 Å². The van der Waals surface area contributed by atoms with Crippen LogP contribution in [0.4, 0.5) is 0 Å². The quantitative estimate of drug-likeness (QED) is 0.408. The first-order valence-corrected chi connectivity index (χ1v) is 10.2. The van der Waals surface area contributed by atoms with Crippen LogP contribution in [-0.4, -0.2) is 24.2 Å². The van der Waals surface area contributed by atoms with Crippen LogP contribution in [0.3, 0.4) is 0 Å². The van der Waals surface area contributed by atoms with Gasteiger partial charge in [-0.05, 0) is 40.8 Å². The highest BCUT2D eigenvalue weighted by molar-refractivity contribution is 5.82. The van der Waals surface area contributed by atoms with E-state index in [0.29, 0.717) is 6.61 Å². The van der Waals surface area contributed by atoms with Crippen molar-refractivity contribution in [3.05, 3.63) is 83.9 Å². The Bertz CT molecular complexity index is 809. The molecule has 0 aliphatic heterocycles. The summed E-state index contributed by atoms with van der Waals surface area (Å²) in [6, 6.07) is 25.8. The highest BCUT2D eigenvalue weighted by Gasteiger charge is 2.18. The third kappa shape index (κ3) is 5.66. The predicted octanol–water partition coefficient (Wildman–Crippen LogP) is 6.05. The molecule has 0 saturated carbocycles. The SMILES string of the molecule is CCCN(CCC)C(Cc1ccccc1)OCc1ccc2ccccc2c1. The molecule has 3 rings (SSSR count). The second kappa shape index (κ2) is 10.2. The van der Waals surface area contributed by atoms with E-state index in [4.69, 9.17) is 4.74 Å². The second-order valence-corrected chi connectivity index (χ2v) is 7.17. The zero-order chi connectivity index (χ0) is 18.9. The van der Waals surface area contributed by atoms with E-state index < -0.39 is 0 Å². The number of nitrogens with zero attached hydrogens (tertiary/aromatic N) is 1. The van der Waals surface area contributed by atoms with Gasteiger partial charge in [0, 0.05) is 19.5 Å². The Hall–Kier alpha value is -2.16. The van der Waals surface area contributed by atoms with Crippen LogP contribution in [0, 0.1) is 0 Å².